The summed E-state index contributed by atoms with van der Waals surface area (Å²) in [6, 6.07) is 8.18. The minimum absolute atomic E-state index is 0.252. The molecular weight excluding hydrogens is 415 g/mol. The fourth-order valence-electron chi connectivity index (χ4n) is 3.22. The summed E-state index contributed by atoms with van der Waals surface area (Å²) in [6.07, 6.45) is 7.33. The van der Waals surface area contributed by atoms with Crippen molar-refractivity contribution >= 4 is 28.8 Å². The molecule has 0 radical (unpaired) electrons. The lowest BCUT2D eigenvalue weighted by Gasteiger charge is -2.06. The molecule has 3 aromatic heterocycles. The first-order valence-corrected chi connectivity index (χ1v) is 10.3. The van der Waals surface area contributed by atoms with E-state index in [1.165, 1.54) is 12.1 Å². The molecule has 160 valence electrons. The van der Waals surface area contributed by atoms with Crippen molar-refractivity contribution in [3.8, 4) is 0 Å². The summed E-state index contributed by atoms with van der Waals surface area (Å²) in [5, 5.41) is 19.8. The van der Waals surface area contributed by atoms with Crippen molar-refractivity contribution in [2.75, 3.05) is 10.6 Å². The predicted molar refractivity (Wildman–Crippen MR) is 122 cm³/mol. The quantitative estimate of drug-likeness (QED) is 0.429. The van der Waals surface area contributed by atoms with Crippen molar-refractivity contribution < 1.29 is 4.39 Å². The van der Waals surface area contributed by atoms with Gasteiger partial charge in [0.1, 0.15) is 5.82 Å². The molecule has 31 heavy (non-hydrogen) atoms. The van der Waals surface area contributed by atoms with Gasteiger partial charge in [0.05, 0.1) is 31.2 Å². The molecule has 0 amide bonds. The lowest BCUT2D eigenvalue weighted by Crippen LogP contribution is -2.19. The number of benzene rings is 1. The second kappa shape index (κ2) is 9.09. The van der Waals surface area contributed by atoms with E-state index in [-0.39, 0.29) is 5.82 Å². The van der Waals surface area contributed by atoms with Crippen molar-refractivity contribution in [1.82, 2.24) is 29.3 Å². The van der Waals surface area contributed by atoms with Crippen LogP contribution in [0, 0.1) is 12.7 Å². The molecule has 0 saturated carbocycles. The van der Waals surface area contributed by atoms with Crippen LogP contribution in [-0.4, -0.2) is 34.5 Å². The van der Waals surface area contributed by atoms with Gasteiger partial charge in [-0.05, 0) is 43.8 Å². The molecule has 0 aliphatic heterocycles. The van der Waals surface area contributed by atoms with Crippen molar-refractivity contribution in [1.29, 1.82) is 0 Å². The van der Waals surface area contributed by atoms with Crippen molar-refractivity contribution in [2.45, 2.75) is 33.5 Å². The Morgan fingerprint density at radius 3 is 2.58 bits per heavy atom. The molecule has 10 heteroatoms. The lowest BCUT2D eigenvalue weighted by molar-refractivity contribution is 0.624. The summed E-state index contributed by atoms with van der Waals surface area (Å²) in [6.45, 7) is 6.16. The Morgan fingerprint density at radius 2 is 1.84 bits per heavy atom. The van der Waals surface area contributed by atoms with Gasteiger partial charge < -0.3 is 10.6 Å². The molecule has 0 unspecified atom stereocenters. The van der Waals surface area contributed by atoms with Crippen molar-refractivity contribution in [3.63, 3.8) is 0 Å². The number of halogens is 1. The number of anilines is 2. The molecule has 0 atom stereocenters. The van der Waals surface area contributed by atoms with Gasteiger partial charge in [-0.1, -0.05) is 12.1 Å². The molecule has 0 fully saturated rings. The maximum absolute atomic E-state index is 13.0. The zero-order valence-corrected chi connectivity index (χ0v) is 18.1. The minimum atomic E-state index is -0.252. The zero-order chi connectivity index (χ0) is 21.8. The van der Waals surface area contributed by atoms with E-state index in [4.69, 9.17) is 12.2 Å². The second-order valence-electron chi connectivity index (χ2n) is 7.10. The number of nitrogens with zero attached hydrogens (tertiary/aromatic N) is 6. The molecule has 0 aliphatic carbocycles. The SMILES string of the molecule is CCn1ncc(Cn2cc(NC(=S)Nc3ccn(Cc4ccc(F)cc4)n3)cn2)c1C. The van der Waals surface area contributed by atoms with Crippen LogP contribution in [-0.2, 0) is 19.6 Å². The van der Waals surface area contributed by atoms with Crippen LogP contribution in [0.4, 0.5) is 15.9 Å². The van der Waals surface area contributed by atoms with Gasteiger partial charge in [-0.15, -0.1) is 0 Å². The second-order valence-corrected chi connectivity index (χ2v) is 7.51. The van der Waals surface area contributed by atoms with Crippen molar-refractivity contribution in [3.05, 3.63) is 77.8 Å². The molecule has 2 N–H and O–H groups in total. The number of aryl methyl sites for hydroxylation is 1. The van der Waals surface area contributed by atoms with Gasteiger partial charge in [-0.25, -0.2) is 4.39 Å². The summed E-state index contributed by atoms with van der Waals surface area (Å²) < 4.78 is 18.6. The first-order valence-electron chi connectivity index (χ1n) is 9.90. The third kappa shape index (κ3) is 5.15. The van der Waals surface area contributed by atoms with Gasteiger partial charge in [0, 0.05) is 36.3 Å². The van der Waals surface area contributed by atoms with E-state index in [1.54, 1.807) is 23.0 Å². The molecule has 3 heterocycles. The maximum atomic E-state index is 13.0. The Kier molecular flexibility index (Phi) is 6.08. The highest BCUT2D eigenvalue weighted by atomic mass is 32.1. The molecular formula is C21H23FN8S. The number of aromatic nitrogens is 6. The number of rotatable bonds is 7. The van der Waals surface area contributed by atoms with Crippen LogP contribution < -0.4 is 10.6 Å². The summed E-state index contributed by atoms with van der Waals surface area (Å²) in [7, 11) is 0. The molecule has 4 rings (SSSR count). The standard InChI is InChI=1S/C21H23FN8S/c1-3-30-15(2)17(10-24-30)13-29-14-19(11-23-29)25-21(31)26-20-8-9-28(27-20)12-16-4-6-18(22)7-5-16/h4-11,14H,3,12-13H2,1-2H3,(H2,25,26,27,31). The topological polar surface area (TPSA) is 77.5 Å². The number of thiocarbonyl (C=S) groups is 1. The highest BCUT2D eigenvalue weighted by Crippen LogP contribution is 2.13. The fraction of sp³-hybridized carbons (Fsp3) is 0.238. The van der Waals surface area contributed by atoms with Crippen LogP contribution in [0.15, 0.2) is 55.1 Å². The molecule has 8 nitrogen and oxygen atoms in total. The monoisotopic (exact) mass is 438 g/mol. The Balaban J connectivity index is 1.31. The Labute approximate surface area is 184 Å². The smallest absolute Gasteiger partial charge is 0.176 e. The first kappa shape index (κ1) is 20.7. The van der Waals surface area contributed by atoms with Crippen LogP contribution in [0.1, 0.15) is 23.7 Å². The van der Waals surface area contributed by atoms with Crippen LogP contribution in [0.25, 0.3) is 0 Å². The normalized spacial score (nSPS) is 10.9. The van der Waals surface area contributed by atoms with E-state index < -0.39 is 0 Å². The van der Waals surface area contributed by atoms with E-state index in [9.17, 15) is 4.39 Å². The highest BCUT2D eigenvalue weighted by molar-refractivity contribution is 7.80. The third-order valence-electron chi connectivity index (χ3n) is 4.87. The van der Waals surface area contributed by atoms with Crippen LogP contribution in [0.2, 0.25) is 0 Å². The molecule has 1 aromatic carbocycles. The summed E-state index contributed by atoms with van der Waals surface area (Å²) in [4.78, 5) is 0. The van der Waals surface area contributed by atoms with Gasteiger partial charge in [-0.2, -0.15) is 15.3 Å². The minimum Gasteiger partial charge on any atom is -0.330 e. The maximum Gasteiger partial charge on any atom is 0.176 e. The van der Waals surface area contributed by atoms with Crippen LogP contribution in [0.5, 0.6) is 0 Å². The molecule has 4 aromatic rings. The number of hydrogen-bond donors (Lipinski definition) is 2. The molecule has 0 aliphatic rings. The third-order valence-corrected chi connectivity index (χ3v) is 5.07. The van der Waals surface area contributed by atoms with Gasteiger partial charge in [0.2, 0.25) is 0 Å². The van der Waals surface area contributed by atoms with Crippen molar-refractivity contribution in [2.24, 2.45) is 0 Å². The number of hydrogen-bond acceptors (Lipinski definition) is 4. The van der Waals surface area contributed by atoms with E-state index in [1.807, 2.05) is 34.0 Å². The average Bonchev–Trinajstić information content (AvgIpc) is 3.46. The Hall–Kier alpha value is -3.53. The fourth-order valence-corrected chi connectivity index (χ4v) is 3.44. The Bertz CT molecular complexity index is 1170. The van der Waals surface area contributed by atoms with Gasteiger partial charge in [-0.3, -0.25) is 14.0 Å². The number of nitrogens with one attached hydrogen (secondary N) is 2. The largest absolute Gasteiger partial charge is 0.330 e. The van der Waals surface area contributed by atoms with Gasteiger partial charge in [0.25, 0.3) is 0 Å². The predicted octanol–water partition coefficient (Wildman–Crippen LogP) is 3.65. The highest BCUT2D eigenvalue weighted by Gasteiger charge is 2.08. The van der Waals surface area contributed by atoms with Crippen LogP contribution in [0.3, 0.4) is 0 Å². The van der Waals surface area contributed by atoms with E-state index in [2.05, 4.69) is 39.8 Å². The lowest BCUT2D eigenvalue weighted by atomic mass is 10.2. The van der Waals surface area contributed by atoms with E-state index in [0.717, 1.165) is 29.1 Å². The zero-order valence-electron chi connectivity index (χ0n) is 17.3. The summed E-state index contributed by atoms with van der Waals surface area (Å²) >= 11 is 5.39. The summed E-state index contributed by atoms with van der Waals surface area (Å²) in [5.74, 6) is 0.368. The Morgan fingerprint density at radius 1 is 1.03 bits per heavy atom. The van der Waals surface area contributed by atoms with E-state index >= 15 is 0 Å². The van der Waals surface area contributed by atoms with E-state index in [0.29, 0.717) is 24.0 Å². The van der Waals surface area contributed by atoms with Gasteiger partial charge >= 0.3 is 0 Å². The first-order chi connectivity index (χ1) is 15.0. The van der Waals surface area contributed by atoms with Gasteiger partial charge in [0.15, 0.2) is 10.9 Å². The molecule has 0 spiro atoms. The summed E-state index contributed by atoms with van der Waals surface area (Å²) in [5.41, 5.74) is 4.01. The molecule has 0 saturated heterocycles. The average molecular weight is 439 g/mol. The van der Waals surface area contributed by atoms with Crippen LogP contribution >= 0.6 is 12.2 Å². The molecule has 0 bridgehead atoms.